The summed E-state index contributed by atoms with van der Waals surface area (Å²) >= 11 is 3.41. The minimum Gasteiger partial charge on any atom is -0.488 e. The average molecular weight is 523 g/mol. The fourth-order valence-electron chi connectivity index (χ4n) is 3.42. The first-order valence-electron chi connectivity index (χ1n) is 10.4. The number of carbonyl (C=O) groups excluding carboxylic acids is 3. The largest absolute Gasteiger partial charge is 0.488 e. The monoisotopic (exact) mass is 522 g/mol. The number of aryl methyl sites for hydroxylation is 2. The van der Waals surface area contributed by atoms with Crippen molar-refractivity contribution in [3.8, 4) is 5.75 Å². The highest BCUT2D eigenvalue weighted by Gasteiger charge is 2.36. The highest BCUT2D eigenvalue weighted by atomic mass is 79.9. The van der Waals surface area contributed by atoms with Crippen LogP contribution in [0.5, 0.6) is 5.75 Å². The summed E-state index contributed by atoms with van der Waals surface area (Å²) in [7, 11) is 0. The molecule has 172 valence electrons. The van der Waals surface area contributed by atoms with Gasteiger partial charge in [-0.3, -0.25) is 14.9 Å². The Labute approximate surface area is 204 Å². The maximum atomic E-state index is 13.8. The van der Waals surface area contributed by atoms with Crippen LogP contribution in [0.2, 0.25) is 0 Å². The van der Waals surface area contributed by atoms with Gasteiger partial charge in [-0.05, 0) is 82.9 Å². The SMILES string of the molecule is Cc1ccc(N2C(=O)NC(=O)/C(=C\c3ccc(OCc4ccccc4F)c(Br)c3)C2=O)cc1C. The van der Waals surface area contributed by atoms with Crippen LogP contribution in [0.1, 0.15) is 22.3 Å². The minimum atomic E-state index is -0.798. The van der Waals surface area contributed by atoms with Crippen molar-refractivity contribution < 1.29 is 23.5 Å². The molecule has 6 nitrogen and oxygen atoms in total. The first kappa shape index (κ1) is 23.4. The van der Waals surface area contributed by atoms with E-state index in [2.05, 4.69) is 21.2 Å². The number of carbonyl (C=O) groups is 3. The van der Waals surface area contributed by atoms with Gasteiger partial charge in [-0.25, -0.2) is 14.1 Å². The van der Waals surface area contributed by atoms with Crippen LogP contribution in [0.4, 0.5) is 14.9 Å². The lowest BCUT2D eigenvalue weighted by Gasteiger charge is -2.26. The van der Waals surface area contributed by atoms with Crippen LogP contribution in [0.25, 0.3) is 6.08 Å². The molecule has 0 aliphatic carbocycles. The molecule has 0 bridgehead atoms. The molecule has 1 aliphatic rings. The molecule has 3 aromatic carbocycles. The smallest absolute Gasteiger partial charge is 0.335 e. The predicted octanol–water partition coefficient (Wildman–Crippen LogP) is 5.45. The van der Waals surface area contributed by atoms with Crippen molar-refractivity contribution in [2.45, 2.75) is 20.5 Å². The molecule has 0 unspecified atom stereocenters. The highest BCUT2D eigenvalue weighted by molar-refractivity contribution is 9.10. The molecule has 8 heteroatoms. The van der Waals surface area contributed by atoms with Crippen LogP contribution in [0.3, 0.4) is 0 Å². The van der Waals surface area contributed by atoms with Gasteiger partial charge in [-0.2, -0.15) is 0 Å². The molecule has 4 amide bonds. The summed E-state index contributed by atoms with van der Waals surface area (Å²) < 4.78 is 20.1. The summed E-state index contributed by atoms with van der Waals surface area (Å²) in [5.74, 6) is -1.37. The number of urea groups is 1. The van der Waals surface area contributed by atoms with Gasteiger partial charge in [0.1, 0.15) is 23.7 Å². The first-order valence-corrected chi connectivity index (χ1v) is 11.2. The van der Waals surface area contributed by atoms with Crippen LogP contribution in [0, 0.1) is 19.7 Å². The average Bonchev–Trinajstić information content (AvgIpc) is 2.79. The van der Waals surface area contributed by atoms with E-state index in [9.17, 15) is 18.8 Å². The van der Waals surface area contributed by atoms with Crippen molar-refractivity contribution in [1.29, 1.82) is 0 Å². The molecule has 0 spiro atoms. The van der Waals surface area contributed by atoms with Crippen molar-refractivity contribution in [1.82, 2.24) is 5.32 Å². The van der Waals surface area contributed by atoms with Gasteiger partial charge in [-0.15, -0.1) is 0 Å². The van der Waals surface area contributed by atoms with Gasteiger partial charge in [0.15, 0.2) is 0 Å². The van der Waals surface area contributed by atoms with Gasteiger partial charge in [0.25, 0.3) is 11.8 Å². The zero-order valence-electron chi connectivity index (χ0n) is 18.4. The van der Waals surface area contributed by atoms with Crippen LogP contribution in [-0.2, 0) is 16.2 Å². The quantitative estimate of drug-likeness (QED) is 0.357. The number of nitrogens with zero attached hydrogens (tertiary/aromatic N) is 1. The fraction of sp³-hybridized carbons (Fsp3) is 0.115. The van der Waals surface area contributed by atoms with E-state index in [-0.39, 0.29) is 18.0 Å². The standard InChI is InChI=1S/C26H20BrFN2O4/c1-15-7-9-19(11-16(15)2)30-25(32)20(24(31)29-26(30)33)12-17-8-10-23(21(27)13-17)34-14-18-5-3-4-6-22(18)28/h3-13H,14H2,1-2H3,(H,29,31,33)/b20-12+. The van der Waals surface area contributed by atoms with Crippen LogP contribution < -0.4 is 15.0 Å². The minimum absolute atomic E-state index is 0.0413. The molecular weight excluding hydrogens is 503 g/mol. The van der Waals surface area contributed by atoms with Crippen molar-refractivity contribution in [2.75, 3.05) is 4.90 Å². The Bertz CT molecular complexity index is 1350. The lowest BCUT2D eigenvalue weighted by molar-refractivity contribution is -0.122. The number of anilines is 1. The molecule has 1 heterocycles. The van der Waals surface area contributed by atoms with E-state index >= 15 is 0 Å². The van der Waals surface area contributed by atoms with E-state index in [4.69, 9.17) is 4.74 Å². The maximum Gasteiger partial charge on any atom is 0.335 e. The summed E-state index contributed by atoms with van der Waals surface area (Å²) in [6.45, 7) is 3.84. The number of barbiturate groups is 1. The van der Waals surface area contributed by atoms with Gasteiger partial charge in [0.05, 0.1) is 10.2 Å². The number of nitrogens with one attached hydrogen (secondary N) is 1. The number of benzene rings is 3. The molecule has 1 N–H and O–H groups in total. The van der Waals surface area contributed by atoms with Crippen molar-refractivity contribution in [3.05, 3.63) is 98.8 Å². The third-order valence-electron chi connectivity index (χ3n) is 5.46. The second kappa shape index (κ2) is 9.61. The van der Waals surface area contributed by atoms with E-state index in [0.717, 1.165) is 16.0 Å². The van der Waals surface area contributed by atoms with Crippen LogP contribution in [-0.4, -0.2) is 17.8 Å². The van der Waals surface area contributed by atoms with Gasteiger partial charge in [-0.1, -0.05) is 30.3 Å². The van der Waals surface area contributed by atoms with Gasteiger partial charge < -0.3 is 4.74 Å². The fourth-order valence-corrected chi connectivity index (χ4v) is 3.93. The van der Waals surface area contributed by atoms with E-state index in [0.29, 0.717) is 27.0 Å². The maximum absolute atomic E-state index is 13.8. The number of hydrogen-bond acceptors (Lipinski definition) is 4. The zero-order valence-corrected chi connectivity index (χ0v) is 20.0. The second-order valence-corrected chi connectivity index (χ2v) is 8.65. The third kappa shape index (κ3) is 4.77. The second-order valence-electron chi connectivity index (χ2n) is 7.80. The molecule has 1 fully saturated rings. The summed E-state index contributed by atoms with van der Waals surface area (Å²) in [4.78, 5) is 38.9. The van der Waals surface area contributed by atoms with E-state index in [1.165, 1.54) is 12.1 Å². The molecule has 3 aromatic rings. The molecule has 34 heavy (non-hydrogen) atoms. The molecule has 1 saturated heterocycles. The number of amides is 4. The Hall–Kier alpha value is -3.78. The lowest BCUT2D eigenvalue weighted by Crippen LogP contribution is -2.54. The van der Waals surface area contributed by atoms with E-state index in [1.807, 2.05) is 19.9 Å². The van der Waals surface area contributed by atoms with Crippen LogP contribution in [0.15, 0.2) is 70.7 Å². The highest BCUT2D eigenvalue weighted by Crippen LogP contribution is 2.29. The Morgan fingerprint density at radius 3 is 2.47 bits per heavy atom. The van der Waals surface area contributed by atoms with Gasteiger partial charge in [0, 0.05) is 5.56 Å². The summed E-state index contributed by atoms with van der Waals surface area (Å²) in [6.07, 6.45) is 1.41. The number of imide groups is 2. The third-order valence-corrected chi connectivity index (χ3v) is 6.08. The molecule has 0 aromatic heterocycles. The molecule has 1 aliphatic heterocycles. The Morgan fingerprint density at radius 1 is 1.00 bits per heavy atom. The van der Waals surface area contributed by atoms with E-state index < -0.39 is 17.8 Å². The number of rotatable bonds is 5. The summed E-state index contributed by atoms with van der Waals surface area (Å²) in [5, 5.41) is 2.22. The van der Waals surface area contributed by atoms with Crippen molar-refractivity contribution >= 4 is 45.5 Å². The first-order chi connectivity index (χ1) is 16.2. The number of halogens is 2. The Kier molecular flexibility index (Phi) is 6.61. The topological polar surface area (TPSA) is 75.7 Å². The molecule has 0 radical (unpaired) electrons. The zero-order chi connectivity index (χ0) is 24.4. The van der Waals surface area contributed by atoms with Gasteiger partial charge >= 0.3 is 6.03 Å². The lowest BCUT2D eigenvalue weighted by atomic mass is 10.1. The molecular formula is C26H20BrFN2O4. The Morgan fingerprint density at radius 2 is 1.76 bits per heavy atom. The summed E-state index contributed by atoms with van der Waals surface area (Å²) in [5.41, 5.74) is 3.09. The molecule has 0 atom stereocenters. The number of ether oxygens (including phenoxy) is 1. The van der Waals surface area contributed by atoms with Crippen LogP contribution >= 0.6 is 15.9 Å². The molecule has 4 rings (SSSR count). The summed E-state index contributed by atoms with van der Waals surface area (Å²) in [6, 6.07) is 15.7. The van der Waals surface area contributed by atoms with Crippen molar-refractivity contribution in [2.24, 2.45) is 0 Å². The normalized spacial score (nSPS) is 15.0. The molecule has 0 saturated carbocycles. The predicted molar refractivity (Wildman–Crippen MR) is 130 cm³/mol. The number of hydrogen-bond donors (Lipinski definition) is 1. The van der Waals surface area contributed by atoms with Crippen molar-refractivity contribution in [3.63, 3.8) is 0 Å². The Balaban J connectivity index is 1.58. The van der Waals surface area contributed by atoms with Gasteiger partial charge in [0.2, 0.25) is 0 Å². The van der Waals surface area contributed by atoms with E-state index in [1.54, 1.807) is 48.5 Å².